The highest BCUT2D eigenvalue weighted by atomic mass is 32.2. The zero-order valence-electron chi connectivity index (χ0n) is 13.0. The van der Waals surface area contributed by atoms with Crippen LogP contribution in [0.4, 0.5) is 32.0 Å². The molecule has 0 amide bonds. The minimum atomic E-state index is -5.61. The van der Waals surface area contributed by atoms with E-state index in [9.17, 15) is 39.9 Å². The Bertz CT molecular complexity index is 770. The van der Waals surface area contributed by atoms with Gasteiger partial charge in [0.25, 0.3) is 0 Å². The summed E-state index contributed by atoms with van der Waals surface area (Å²) < 4.78 is 98.9. The Morgan fingerprint density at radius 3 is 1.88 bits per heavy atom. The molecule has 2 rings (SSSR count). The molecule has 0 saturated carbocycles. The Morgan fingerprint density at radius 1 is 1.04 bits per heavy atom. The summed E-state index contributed by atoms with van der Waals surface area (Å²) in [5.74, 6) is -4.59. The predicted octanol–water partition coefficient (Wildman–Crippen LogP) is 4.72. The SMILES string of the molecule is CS(=O)(=O)Nc1cc(C(C(F)(F)F)C(F)(F)F)ccc1O.c1ccsc1. The van der Waals surface area contributed by atoms with Gasteiger partial charge in [-0.3, -0.25) is 4.72 Å². The average Bonchev–Trinajstić information content (AvgIpc) is 2.96. The molecule has 12 heteroatoms. The minimum absolute atomic E-state index is 0.294. The van der Waals surface area contributed by atoms with Crippen LogP contribution < -0.4 is 4.72 Å². The maximum atomic E-state index is 12.6. The Hall–Kier alpha value is -1.95. The van der Waals surface area contributed by atoms with E-state index in [1.807, 2.05) is 22.9 Å². The number of nitrogens with one attached hydrogen (secondary N) is 1. The lowest BCUT2D eigenvalue weighted by Crippen LogP contribution is -2.34. The molecule has 0 fully saturated rings. The highest BCUT2D eigenvalue weighted by molar-refractivity contribution is 7.92. The van der Waals surface area contributed by atoms with Crippen molar-refractivity contribution in [2.24, 2.45) is 0 Å². The van der Waals surface area contributed by atoms with E-state index < -0.39 is 45.3 Å². The van der Waals surface area contributed by atoms with Crippen molar-refractivity contribution in [3.8, 4) is 5.75 Å². The minimum Gasteiger partial charge on any atom is -0.506 e. The van der Waals surface area contributed by atoms with Gasteiger partial charge in [0.05, 0.1) is 11.9 Å². The number of benzene rings is 1. The van der Waals surface area contributed by atoms with E-state index in [4.69, 9.17) is 0 Å². The van der Waals surface area contributed by atoms with Crippen molar-refractivity contribution >= 4 is 27.0 Å². The average molecular weight is 421 g/mol. The number of aromatic hydroxyl groups is 1. The second kappa shape index (κ2) is 8.16. The van der Waals surface area contributed by atoms with Crippen molar-refractivity contribution in [3.63, 3.8) is 0 Å². The van der Waals surface area contributed by atoms with Crippen molar-refractivity contribution in [1.82, 2.24) is 0 Å². The molecule has 1 aromatic heterocycles. The number of rotatable bonds is 3. The van der Waals surface area contributed by atoms with Gasteiger partial charge in [-0.1, -0.05) is 18.2 Å². The van der Waals surface area contributed by atoms with Crippen molar-refractivity contribution < 1.29 is 39.9 Å². The van der Waals surface area contributed by atoms with Crippen LogP contribution in [-0.2, 0) is 10.0 Å². The highest BCUT2D eigenvalue weighted by Crippen LogP contribution is 2.47. The topological polar surface area (TPSA) is 66.4 Å². The number of anilines is 1. The quantitative estimate of drug-likeness (QED) is 0.557. The van der Waals surface area contributed by atoms with Gasteiger partial charge in [0.1, 0.15) is 5.75 Å². The smallest absolute Gasteiger partial charge is 0.404 e. The van der Waals surface area contributed by atoms with Gasteiger partial charge in [0.2, 0.25) is 10.0 Å². The Morgan fingerprint density at radius 2 is 1.54 bits per heavy atom. The van der Waals surface area contributed by atoms with Crippen LogP contribution in [0, 0.1) is 0 Å². The maximum absolute atomic E-state index is 12.6. The van der Waals surface area contributed by atoms with E-state index in [0.717, 1.165) is 0 Å². The summed E-state index contributed by atoms with van der Waals surface area (Å²) in [6.07, 6.45) is -10.6. The molecule has 0 spiro atoms. The number of sulfonamides is 1. The standard InChI is InChI=1S/C10H9F6NO3S.C4H4S/c1-21(19,20)17-6-4-5(2-3-7(6)18)8(9(11,12)13)10(14,15)16;1-2-4-5-3-1/h2-4,8,17-18H,1H3;1-4H. The number of hydrogen-bond donors (Lipinski definition) is 2. The van der Waals surface area contributed by atoms with Crippen LogP contribution in [0.1, 0.15) is 11.5 Å². The second-order valence-electron chi connectivity index (χ2n) is 4.96. The van der Waals surface area contributed by atoms with Gasteiger partial charge >= 0.3 is 12.4 Å². The van der Waals surface area contributed by atoms with E-state index in [0.29, 0.717) is 24.5 Å². The first-order valence-corrected chi connectivity index (χ1v) is 9.46. The van der Waals surface area contributed by atoms with Crippen molar-refractivity contribution in [1.29, 1.82) is 0 Å². The molecular formula is C14H13F6NO3S2. The van der Waals surface area contributed by atoms with Gasteiger partial charge < -0.3 is 5.11 Å². The molecule has 146 valence electrons. The number of alkyl halides is 6. The Kier molecular flexibility index (Phi) is 6.94. The molecule has 0 aliphatic rings. The van der Waals surface area contributed by atoms with Gasteiger partial charge in [-0.05, 0) is 28.5 Å². The summed E-state index contributed by atoms with van der Waals surface area (Å²) in [4.78, 5) is 0. The van der Waals surface area contributed by atoms with Gasteiger partial charge in [0, 0.05) is 0 Å². The van der Waals surface area contributed by atoms with Crippen molar-refractivity contribution in [2.45, 2.75) is 18.3 Å². The molecule has 0 aliphatic carbocycles. The lowest BCUT2D eigenvalue weighted by molar-refractivity contribution is -0.253. The zero-order chi connectivity index (χ0) is 20.2. The van der Waals surface area contributed by atoms with Crippen molar-refractivity contribution in [2.75, 3.05) is 11.0 Å². The lowest BCUT2D eigenvalue weighted by atomic mass is 9.97. The second-order valence-corrected chi connectivity index (χ2v) is 7.53. The van der Waals surface area contributed by atoms with Gasteiger partial charge in [-0.2, -0.15) is 37.7 Å². The molecule has 1 heterocycles. The number of phenolic OH excluding ortho intramolecular Hbond substituents is 1. The van der Waals surface area contributed by atoms with E-state index >= 15 is 0 Å². The molecule has 0 bridgehead atoms. The van der Waals surface area contributed by atoms with Gasteiger partial charge in [-0.25, -0.2) is 8.42 Å². The van der Waals surface area contributed by atoms with Crippen LogP contribution in [0.3, 0.4) is 0 Å². The van der Waals surface area contributed by atoms with E-state index in [2.05, 4.69) is 0 Å². The third-order valence-electron chi connectivity index (χ3n) is 2.73. The van der Waals surface area contributed by atoms with Crippen LogP contribution in [-0.4, -0.2) is 32.1 Å². The van der Waals surface area contributed by atoms with E-state index in [1.165, 1.54) is 0 Å². The molecule has 4 nitrogen and oxygen atoms in total. The molecule has 0 atom stereocenters. The molecule has 0 saturated heterocycles. The fourth-order valence-corrected chi connectivity index (χ4v) is 2.82. The summed E-state index contributed by atoms with van der Waals surface area (Å²) in [6, 6.07) is 5.30. The van der Waals surface area contributed by atoms with Gasteiger partial charge in [-0.15, -0.1) is 0 Å². The fraction of sp³-hybridized carbons (Fsp3) is 0.286. The maximum Gasteiger partial charge on any atom is 0.404 e. The van der Waals surface area contributed by atoms with E-state index in [1.54, 1.807) is 16.1 Å². The molecule has 1 aromatic carbocycles. The summed E-state index contributed by atoms with van der Waals surface area (Å²) in [5, 5.41) is 13.4. The normalized spacial score (nSPS) is 12.5. The van der Waals surface area contributed by atoms with Crippen LogP contribution in [0.2, 0.25) is 0 Å². The highest BCUT2D eigenvalue weighted by Gasteiger charge is 2.57. The molecule has 2 N–H and O–H groups in total. The Labute approximate surface area is 149 Å². The summed E-state index contributed by atoms with van der Waals surface area (Å²) in [5.41, 5.74) is -2.01. The third-order valence-corrected chi connectivity index (χ3v) is 3.95. The Balaban J connectivity index is 0.000000577. The first kappa shape index (κ1) is 22.1. The number of phenols is 1. The van der Waals surface area contributed by atoms with Crippen molar-refractivity contribution in [3.05, 3.63) is 46.7 Å². The van der Waals surface area contributed by atoms with Crippen LogP contribution in [0.15, 0.2) is 41.1 Å². The van der Waals surface area contributed by atoms with E-state index in [-0.39, 0.29) is 0 Å². The number of halogens is 6. The molecule has 0 aliphatic heterocycles. The fourth-order valence-electron chi connectivity index (χ4n) is 1.81. The van der Waals surface area contributed by atoms with Crippen LogP contribution >= 0.6 is 11.3 Å². The first-order chi connectivity index (χ1) is 11.7. The van der Waals surface area contributed by atoms with Crippen LogP contribution in [0.25, 0.3) is 0 Å². The number of hydrogen-bond acceptors (Lipinski definition) is 4. The molecule has 0 unspecified atom stereocenters. The summed E-state index contributed by atoms with van der Waals surface area (Å²) >= 11 is 1.71. The monoisotopic (exact) mass is 421 g/mol. The van der Waals surface area contributed by atoms with Gasteiger partial charge in [0.15, 0.2) is 5.92 Å². The predicted molar refractivity (Wildman–Crippen MR) is 85.7 cm³/mol. The molecule has 0 radical (unpaired) electrons. The third kappa shape index (κ3) is 7.12. The number of thiophene rings is 1. The lowest BCUT2D eigenvalue weighted by Gasteiger charge is -2.23. The first-order valence-electron chi connectivity index (χ1n) is 6.63. The summed E-state index contributed by atoms with van der Waals surface area (Å²) in [7, 11) is -3.99. The zero-order valence-corrected chi connectivity index (χ0v) is 14.6. The molecule has 2 aromatic rings. The largest absolute Gasteiger partial charge is 0.506 e. The van der Waals surface area contributed by atoms with Crippen LogP contribution in [0.5, 0.6) is 5.75 Å². The molecule has 26 heavy (non-hydrogen) atoms. The summed E-state index contributed by atoms with van der Waals surface area (Å²) in [6.45, 7) is 0. The molecular weight excluding hydrogens is 408 g/mol.